The Hall–Kier alpha value is -0.910. The van der Waals surface area contributed by atoms with E-state index < -0.39 is 10.0 Å². The molecule has 0 spiro atoms. The van der Waals surface area contributed by atoms with Gasteiger partial charge in [0.05, 0.1) is 4.90 Å². The van der Waals surface area contributed by atoms with Crippen LogP contribution in [0.15, 0.2) is 29.2 Å². The van der Waals surface area contributed by atoms with Gasteiger partial charge in [0.25, 0.3) is 0 Å². The van der Waals surface area contributed by atoms with Gasteiger partial charge in [0.2, 0.25) is 10.0 Å². The third-order valence-corrected chi connectivity index (χ3v) is 5.39. The van der Waals surface area contributed by atoms with Crippen molar-refractivity contribution in [3.8, 4) is 0 Å². The average Bonchev–Trinajstić information content (AvgIpc) is 2.41. The molecule has 1 aliphatic rings. The van der Waals surface area contributed by atoms with Crippen molar-refractivity contribution in [2.24, 2.45) is 11.7 Å². The second-order valence-corrected chi connectivity index (χ2v) is 7.05. The summed E-state index contributed by atoms with van der Waals surface area (Å²) in [5.41, 5.74) is 6.45. The molecule has 1 aromatic rings. The largest absolute Gasteiger partial charge is 0.326 e. The van der Waals surface area contributed by atoms with Gasteiger partial charge in [-0.2, -0.15) is 0 Å². The van der Waals surface area contributed by atoms with E-state index in [1.165, 1.54) is 6.42 Å². The predicted octanol–water partition coefficient (Wildman–Crippen LogP) is 2.00. The van der Waals surface area contributed by atoms with Crippen molar-refractivity contribution in [1.29, 1.82) is 0 Å². The minimum absolute atomic E-state index is 0.0629. The third-order valence-electron chi connectivity index (χ3n) is 3.89. The van der Waals surface area contributed by atoms with Crippen LogP contribution in [0.2, 0.25) is 0 Å². The van der Waals surface area contributed by atoms with Gasteiger partial charge in [-0.15, -0.1) is 0 Å². The van der Waals surface area contributed by atoms with Gasteiger partial charge >= 0.3 is 0 Å². The summed E-state index contributed by atoms with van der Waals surface area (Å²) in [5.74, 6) is 0.409. The molecule has 1 aliphatic carbocycles. The van der Waals surface area contributed by atoms with Crippen LogP contribution in [-0.4, -0.2) is 14.5 Å². The zero-order chi connectivity index (χ0) is 13.9. The molecule has 0 heterocycles. The Morgan fingerprint density at radius 3 is 2.42 bits per heavy atom. The summed E-state index contributed by atoms with van der Waals surface area (Å²) in [4.78, 5) is 0.322. The first-order chi connectivity index (χ1) is 9.03. The molecule has 0 saturated heterocycles. The highest BCUT2D eigenvalue weighted by atomic mass is 32.2. The van der Waals surface area contributed by atoms with Gasteiger partial charge in [0.15, 0.2) is 0 Å². The highest BCUT2D eigenvalue weighted by Gasteiger charge is 2.26. The number of benzene rings is 1. The summed E-state index contributed by atoms with van der Waals surface area (Å²) in [6, 6.07) is 6.83. The number of sulfonamides is 1. The van der Waals surface area contributed by atoms with Crippen molar-refractivity contribution in [2.45, 2.75) is 50.1 Å². The zero-order valence-corrected chi connectivity index (χ0v) is 12.1. The Bertz CT molecular complexity index is 511. The lowest BCUT2D eigenvalue weighted by Gasteiger charge is -2.29. The highest BCUT2D eigenvalue weighted by Crippen LogP contribution is 2.25. The standard InChI is InChI=1S/C14H22N2O2S/c1-11-4-2-3-5-14(11)16-19(17,18)13-8-6-12(10-15)7-9-13/h6-9,11,14,16H,2-5,10,15H2,1H3. The van der Waals surface area contributed by atoms with Gasteiger partial charge < -0.3 is 5.73 Å². The monoisotopic (exact) mass is 282 g/mol. The van der Waals surface area contributed by atoms with E-state index in [9.17, 15) is 8.42 Å². The highest BCUT2D eigenvalue weighted by molar-refractivity contribution is 7.89. The molecule has 0 amide bonds. The van der Waals surface area contributed by atoms with Crippen molar-refractivity contribution < 1.29 is 8.42 Å². The van der Waals surface area contributed by atoms with Crippen LogP contribution >= 0.6 is 0 Å². The SMILES string of the molecule is CC1CCCCC1NS(=O)(=O)c1ccc(CN)cc1. The average molecular weight is 282 g/mol. The van der Waals surface area contributed by atoms with Crippen molar-refractivity contribution in [3.63, 3.8) is 0 Å². The van der Waals surface area contributed by atoms with Crippen molar-refractivity contribution in [2.75, 3.05) is 0 Å². The van der Waals surface area contributed by atoms with E-state index in [2.05, 4.69) is 11.6 Å². The zero-order valence-electron chi connectivity index (χ0n) is 11.3. The molecule has 1 fully saturated rings. The second kappa shape index (κ2) is 6.03. The first-order valence-corrected chi connectivity index (χ1v) is 8.32. The topological polar surface area (TPSA) is 72.2 Å². The molecule has 2 unspecified atom stereocenters. The summed E-state index contributed by atoms with van der Waals surface area (Å²) < 4.78 is 27.4. The Balaban J connectivity index is 2.12. The number of hydrogen-bond donors (Lipinski definition) is 2. The van der Waals surface area contributed by atoms with E-state index in [-0.39, 0.29) is 6.04 Å². The fourth-order valence-corrected chi connectivity index (χ4v) is 3.94. The van der Waals surface area contributed by atoms with Crippen molar-refractivity contribution in [3.05, 3.63) is 29.8 Å². The Morgan fingerprint density at radius 1 is 1.21 bits per heavy atom. The summed E-state index contributed by atoms with van der Waals surface area (Å²) in [6.45, 7) is 2.54. The van der Waals surface area contributed by atoms with Gasteiger partial charge in [-0.3, -0.25) is 0 Å². The maximum atomic E-state index is 12.3. The lowest BCUT2D eigenvalue weighted by atomic mass is 9.87. The quantitative estimate of drug-likeness (QED) is 0.887. The molecule has 5 heteroatoms. The fraction of sp³-hybridized carbons (Fsp3) is 0.571. The van der Waals surface area contributed by atoms with Crippen LogP contribution in [-0.2, 0) is 16.6 Å². The first-order valence-electron chi connectivity index (χ1n) is 6.84. The van der Waals surface area contributed by atoms with Crippen LogP contribution in [0.25, 0.3) is 0 Å². The van der Waals surface area contributed by atoms with E-state index >= 15 is 0 Å². The lowest BCUT2D eigenvalue weighted by molar-refractivity contribution is 0.310. The number of nitrogens with one attached hydrogen (secondary N) is 1. The minimum atomic E-state index is -3.41. The van der Waals surface area contributed by atoms with Crippen LogP contribution < -0.4 is 10.5 Å². The van der Waals surface area contributed by atoms with Gasteiger partial charge in [0.1, 0.15) is 0 Å². The van der Waals surface area contributed by atoms with Crippen LogP contribution in [0.5, 0.6) is 0 Å². The maximum Gasteiger partial charge on any atom is 0.240 e. The van der Waals surface area contributed by atoms with Gasteiger partial charge in [-0.1, -0.05) is 31.9 Å². The Labute approximate surface area is 115 Å². The van der Waals surface area contributed by atoms with Crippen molar-refractivity contribution in [1.82, 2.24) is 4.72 Å². The Morgan fingerprint density at radius 2 is 1.84 bits per heavy atom. The molecule has 106 valence electrons. The molecule has 19 heavy (non-hydrogen) atoms. The van der Waals surface area contributed by atoms with Crippen molar-refractivity contribution >= 4 is 10.0 Å². The van der Waals surface area contributed by atoms with E-state index in [1.54, 1.807) is 24.3 Å². The van der Waals surface area contributed by atoms with Crippen LogP contribution in [0, 0.1) is 5.92 Å². The molecule has 2 atom stereocenters. The predicted molar refractivity (Wildman–Crippen MR) is 76.1 cm³/mol. The molecule has 0 aliphatic heterocycles. The van der Waals surface area contributed by atoms with Gasteiger partial charge in [-0.05, 0) is 36.5 Å². The van der Waals surface area contributed by atoms with Crippen LogP contribution in [0.1, 0.15) is 38.2 Å². The summed E-state index contributed by atoms with van der Waals surface area (Å²) in [5, 5.41) is 0. The summed E-state index contributed by atoms with van der Waals surface area (Å²) in [6.07, 6.45) is 4.33. The molecule has 0 radical (unpaired) electrons. The summed E-state index contributed by atoms with van der Waals surface area (Å²) >= 11 is 0. The van der Waals surface area contributed by atoms with E-state index in [0.717, 1.165) is 24.8 Å². The molecule has 3 N–H and O–H groups in total. The third kappa shape index (κ3) is 3.55. The Kier molecular flexibility index (Phi) is 4.60. The minimum Gasteiger partial charge on any atom is -0.326 e. The molecular weight excluding hydrogens is 260 g/mol. The molecule has 0 aromatic heterocycles. The van der Waals surface area contributed by atoms with Crippen LogP contribution in [0.3, 0.4) is 0 Å². The summed E-state index contributed by atoms with van der Waals surface area (Å²) in [7, 11) is -3.41. The molecule has 2 rings (SSSR count). The number of hydrogen-bond acceptors (Lipinski definition) is 3. The maximum absolute atomic E-state index is 12.3. The van der Waals surface area contributed by atoms with E-state index in [0.29, 0.717) is 17.4 Å². The van der Waals surface area contributed by atoms with Gasteiger partial charge in [0, 0.05) is 12.6 Å². The number of rotatable bonds is 4. The molecule has 1 saturated carbocycles. The first kappa shape index (κ1) is 14.5. The second-order valence-electron chi connectivity index (χ2n) is 5.34. The fourth-order valence-electron chi connectivity index (χ4n) is 2.56. The van der Waals surface area contributed by atoms with E-state index in [4.69, 9.17) is 5.73 Å². The molecule has 1 aromatic carbocycles. The van der Waals surface area contributed by atoms with Crippen LogP contribution in [0.4, 0.5) is 0 Å². The lowest BCUT2D eigenvalue weighted by Crippen LogP contribution is -2.40. The molecular formula is C14H22N2O2S. The normalized spacial score (nSPS) is 24.3. The molecule has 0 bridgehead atoms. The van der Waals surface area contributed by atoms with E-state index in [1.807, 2.05) is 0 Å². The molecule has 4 nitrogen and oxygen atoms in total. The van der Waals surface area contributed by atoms with Gasteiger partial charge in [-0.25, -0.2) is 13.1 Å². The number of nitrogens with two attached hydrogens (primary N) is 1. The smallest absolute Gasteiger partial charge is 0.240 e.